The molecule has 0 radical (unpaired) electrons. The Hall–Kier alpha value is -2.44. The monoisotopic (exact) mass is 440 g/mol. The summed E-state index contributed by atoms with van der Waals surface area (Å²) in [5.41, 5.74) is 1.17. The van der Waals surface area contributed by atoms with E-state index in [1.807, 2.05) is 41.8 Å². The van der Waals surface area contributed by atoms with E-state index in [1.165, 1.54) is 5.56 Å². The van der Waals surface area contributed by atoms with Gasteiger partial charge in [0.25, 0.3) is 0 Å². The van der Waals surface area contributed by atoms with Crippen LogP contribution >= 0.6 is 11.3 Å². The van der Waals surface area contributed by atoms with Crippen LogP contribution in [0.4, 0.5) is 9.18 Å². The lowest BCUT2D eigenvalue weighted by Crippen LogP contribution is -2.35. The van der Waals surface area contributed by atoms with E-state index in [1.54, 1.807) is 23.5 Å². The van der Waals surface area contributed by atoms with Crippen molar-refractivity contribution in [2.45, 2.75) is 31.7 Å². The number of carbonyl (C=O) groups is 1. The number of hydrogen-bond acceptors (Lipinski definition) is 4. The van der Waals surface area contributed by atoms with Crippen molar-refractivity contribution in [3.05, 3.63) is 65.3 Å². The lowest BCUT2D eigenvalue weighted by atomic mass is 9.76. The number of ether oxygens (including phenoxy) is 1. The van der Waals surface area contributed by atoms with Crippen LogP contribution in [0, 0.1) is 17.7 Å². The Morgan fingerprint density at radius 1 is 1.13 bits per heavy atom. The molecule has 0 bridgehead atoms. The minimum atomic E-state index is -0.386. The number of amides is 1. The normalized spacial score (nSPS) is 20.0. The van der Waals surface area contributed by atoms with E-state index in [9.17, 15) is 9.18 Å². The first kappa shape index (κ1) is 21.8. The van der Waals surface area contributed by atoms with Gasteiger partial charge in [-0.3, -0.25) is 0 Å². The van der Waals surface area contributed by atoms with Crippen LogP contribution in [0.15, 0.2) is 53.9 Å². The summed E-state index contributed by atoms with van der Waals surface area (Å²) in [5, 5.41) is 5.80. The van der Waals surface area contributed by atoms with Gasteiger partial charge in [0.05, 0.1) is 0 Å². The number of nitrogens with one attached hydrogen (secondary N) is 1. The molecule has 1 heterocycles. The van der Waals surface area contributed by atoms with Crippen molar-refractivity contribution >= 4 is 27.5 Å². The first-order chi connectivity index (χ1) is 15.0. The third-order valence-corrected chi connectivity index (χ3v) is 7.23. The van der Waals surface area contributed by atoms with Gasteiger partial charge in [-0.05, 0) is 81.4 Å². The third kappa shape index (κ3) is 5.25. The van der Waals surface area contributed by atoms with Gasteiger partial charge in [-0.1, -0.05) is 24.3 Å². The fraction of sp³-hybridized carbons (Fsp3) is 0.400. The Morgan fingerprint density at radius 3 is 2.55 bits per heavy atom. The topological polar surface area (TPSA) is 41.6 Å². The fourth-order valence-corrected chi connectivity index (χ4v) is 5.62. The molecule has 1 amide bonds. The Kier molecular flexibility index (Phi) is 6.88. The van der Waals surface area contributed by atoms with Crippen molar-refractivity contribution in [2.75, 3.05) is 20.6 Å². The second kappa shape index (κ2) is 9.79. The quantitative estimate of drug-likeness (QED) is 0.493. The summed E-state index contributed by atoms with van der Waals surface area (Å²) in [5.74, 6) is 1.41. The highest BCUT2D eigenvalue weighted by atomic mass is 32.1. The summed E-state index contributed by atoms with van der Waals surface area (Å²) in [6, 6.07) is 15.1. The number of carbonyl (C=O) groups excluding carboxylic acids is 1. The van der Waals surface area contributed by atoms with E-state index in [-0.39, 0.29) is 18.0 Å². The van der Waals surface area contributed by atoms with Crippen LogP contribution in [-0.2, 0) is 0 Å². The number of nitrogens with zero attached hydrogens (tertiary/aromatic N) is 1. The van der Waals surface area contributed by atoms with Crippen molar-refractivity contribution < 1.29 is 13.9 Å². The summed E-state index contributed by atoms with van der Waals surface area (Å²) >= 11 is 1.58. The number of halogens is 1. The van der Waals surface area contributed by atoms with Gasteiger partial charge >= 0.3 is 6.09 Å². The van der Waals surface area contributed by atoms with Crippen LogP contribution in [0.25, 0.3) is 10.1 Å². The molecule has 1 aromatic heterocycles. The van der Waals surface area contributed by atoms with E-state index >= 15 is 0 Å². The summed E-state index contributed by atoms with van der Waals surface area (Å²) < 4.78 is 20.0. The molecule has 1 atom stereocenters. The Labute approximate surface area is 187 Å². The Bertz CT molecular complexity index is 1010. The second-order valence-electron chi connectivity index (χ2n) is 8.61. The van der Waals surface area contributed by atoms with Crippen molar-refractivity contribution in [3.8, 4) is 5.75 Å². The van der Waals surface area contributed by atoms with Crippen molar-refractivity contribution in [2.24, 2.45) is 11.8 Å². The largest absolute Gasteiger partial charge is 0.412 e. The molecule has 1 aliphatic rings. The summed E-state index contributed by atoms with van der Waals surface area (Å²) in [6.45, 7) is 0.636. The number of fused-ring (bicyclic) bond motifs is 1. The molecule has 164 valence electrons. The van der Waals surface area contributed by atoms with Crippen LogP contribution in [0.1, 0.15) is 37.3 Å². The molecular weight excluding hydrogens is 411 g/mol. The van der Waals surface area contributed by atoms with Crippen molar-refractivity contribution in [1.29, 1.82) is 0 Å². The highest BCUT2D eigenvalue weighted by Crippen LogP contribution is 2.39. The molecule has 4 rings (SSSR count). The molecule has 3 aromatic rings. The molecule has 6 heteroatoms. The Balaban J connectivity index is 1.27. The molecule has 0 aliphatic heterocycles. The van der Waals surface area contributed by atoms with E-state index < -0.39 is 0 Å². The predicted octanol–water partition coefficient (Wildman–Crippen LogP) is 6.24. The minimum Gasteiger partial charge on any atom is -0.409 e. The van der Waals surface area contributed by atoms with Crippen LogP contribution in [0.3, 0.4) is 0 Å². The number of hydrogen-bond donors (Lipinski definition) is 1. The number of thiophene rings is 1. The van der Waals surface area contributed by atoms with Gasteiger partial charge in [0.1, 0.15) is 5.82 Å². The fourth-order valence-electron chi connectivity index (χ4n) is 4.76. The maximum atomic E-state index is 13.3. The van der Waals surface area contributed by atoms with Gasteiger partial charge in [0.15, 0.2) is 5.75 Å². The predicted molar refractivity (Wildman–Crippen MR) is 124 cm³/mol. The summed E-state index contributed by atoms with van der Waals surface area (Å²) in [7, 11) is 4.18. The molecule has 1 saturated carbocycles. The van der Waals surface area contributed by atoms with Gasteiger partial charge in [0.2, 0.25) is 0 Å². The van der Waals surface area contributed by atoms with Crippen molar-refractivity contribution in [3.63, 3.8) is 0 Å². The first-order valence-corrected chi connectivity index (χ1v) is 11.7. The SMILES string of the molecule is CN(C)C(c1ccc(F)cc1)C1CCC(CNC(=O)Oc2csc3ccccc23)CC1. The van der Waals surface area contributed by atoms with E-state index in [0.29, 0.717) is 24.1 Å². The number of benzene rings is 2. The molecule has 4 nitrogen and oxygen atoms in total. The molecular formula is C25H29FN2O2S. The molecule has 1 N–H and O–H groups in total. The smallest absolute Gasteiger partial charge is 0.409 e. The number of rotatable bonds is 6. The lowest BCUT2D eigenvalue weighted by molar-refractivity contribution is 0.146. The molecule has 1 fully saturated rings. The zero-order chi connectivity index (χ0) is 21.8. The summed E-state index contributed by atoms with van der Waals surface area (Å²) in [6.07, 6.45) is 3.94. The molecule has 1 aliphatic carbocycles. The lowest BCUT2D eigenvalue weighted by Gasteiger charge is -2.37. The van der Waals surface area contributed by atoms with Crippen LogP contribution in [0.5, 0.6) is 5.75 Å². The zero-order valence-corrected chi connectivity index (χ0v) is 18.8. The third-order valence-electron chi connectivity index (χ3n) is 6.29. The average molecular weight is 441 g/mol. The van der Waals surface area contributed by atoms with E-state index in [4.69, 9.17) is 4.74 Å². The maximum absolute atomic E-state index is 13.3. The molecule has 1 unspecified atom stereocenters. The van der Waals surface area contributed by atoms with E-state index in [0.717, 1.165) is 35.8 Å². The molecule has 0 saturated heterocycles. The second-order valence-corrected chi connectivity index (χ2v) is 9.52. The molecule has 31 heavy (non-hydrogen) atoms. The highest BCUT2D eigenvalue weighted by Gasteiger charge is 2.30. The summed E-state index contributed by atoms with van der Waals surface area (Å²) in [4.78, 5) is 14.5. The minimum absolute atomic E-state index is 0.196. The van der Waals surface area contributed by atoms with Crippen molar-refractivity contribution in [1.82, 2.24) is 10.2 Å². The van der Waals surface area contributed by atoms with Gasteiger partial charge in [-0.25, -0.2) is 9.18 Å². The molecule has 0 spiro atoms. The standard InChI is InChI=1S/C25H29FN2O2S/c1-28(2)24(19-11-13-20(26)14-12-19)18-9-7-17(8-10-18)15-27-25(29)30-22-16-31-23-6-4-3-5-21(22)23/h3-6,11-14,16-18,24H,7-10,15H2,1-2H3,(H,27,29). The van der Waals surface area contributed by atoms with Crippen LogP contribution in [-0.4, -0.2) is 31.6 Å². The van der Waals surface area contributed by atoms with E-state index in [2.05, 4.69) is 24.3 Å². The zero-order valence-electron chi connectivity index (χ0n) is 18.0. The Morgan fingerprint density at radius 2 is 1.84 bits per heavy atom. The first-order valence-electron chi connectivity index (χ1n) is 10.8. The van der Waals surface area contributed by atoms with Crippen LogP contribution < -0.4 is 10.1 Å². The average Bonchev–Trinajstić information content (AvgIpc) is 3.17. The maximum Gasteiger partial charge on any atom is 0.412 e. The van der Waals surface area contributed by atoms with Gasteiger partial charge < -0.3 is 15.0 Å². The van der Waals surface area contributed by atoms with Gasteiger partial charge in [0, 0.05) is 28.1 Å². The molecule has 2 aromatic carbocycles. The highest BCUT2D eigenvalue weighted by molar-refractivity contribution is 7.17. The van der Waals surface area contributed by atoms with Crippen LogP contribution in [0.2, 0.25) is 0 Å². The van der Waals surface area contributed by atoms with Gasteiger partial charge in [-0.15, -0.1) is 11.3 Å². The van der Waals surface area contributed by atoms with Gasteiger partial charge in [-0.2, -0.15) is 0 Å².